The number of carbonyl (C=O) groups excluding carboxylic acids is 2. The number of amides is 2. The summed E-state index contributed by atoms with van der Waals surface area (Å²) in [6, 6.07) is 13.6. The fourth-order valence-electron chi connectivity index (χ4n) is 4.66. The van der Waals surface area contributed by atoms with Crippen LogP contribution < -0.4 is 39.2 Å². The molecule has 1 aliphatic rings. The lowest BCUT2D eigenvalue weighted by atomic mass is 10.1. The van der Waals surface area contributed by atoms with Crippen LogP contribution in [0.5, 0.6) is 34.5 Å². The Morgan fingerprint density at radius 3 is 2.18 bits per heavy atom. The van der Waals surface area contributed by atoms with Crippen molar-refractivity contribution in [2.24, 2.45) is 0 Å². The number of hydrogen-bond acceptors (Lipinski definition) is 11. The highest BCUT2D eigenvalue weighted by Crippen LogP contribution is 2.40. The Hall–Kier alpha value is -4.62. The van der Waals surface area contributed by atoms with Crippen molar-refractivity contribution in [3.05, 3.63) is 73.7 Å². The summed E-state index contributed by atoms with van der Waals surface area (Å²) >= 11 is 4.37. The number of rotatable bonds is 11. The Morgan fingerprint density at radius 1 is 0.822 bits per heavy atom. The second kappa shape index (κ2) is 13.6. The summed E-state index contributed by atoms with van der Waals surface area (Å²) in [6.07, 6.45) is 0. The van der Waals surface area contributed by atoms with E-state index >= 15 is 0 Å². The summed E-state index contributed by atoms with van der Waals surface area (Å²) < 4.78 is 40.5. The first-order chi connectivity index (χ1) is 21.7. The van der Waals surface area contributed by atoms with Crippen molar-refractivity contribution in [2.45, 2.75) is 6.92 Å². The molecule has 13 heteroatoms. The number of nitrogens with one attached hydrogen (secondary N) is 1. The number of methoxy groups -OCH3 is 4. The zero-order valence-corrected chi connectivity index (χ0v) is 27.3. The van der Waals surface area contributed by atoms with Gasteiger partial charge in [-0.15, -0.1) is 0 Å². The van der Waals surface area contributed by atoms with Gasteiger partial charge in [0.2, 0.25) is 11.2 Å². The van der Waals surface area contributed by atoms with Crippen LogP contribution in [0.2, 0.25) is 0 Å². The first kappa shape index (κ1) is 31.8. The summed E-state index contributed by atoms with van der Waals surface area (Å²) in [6.45, 7) is 1.84. The molecule has 45 heavy (non-hydrogen) atoms. The maximum atomic E-state index is 13.9. The molecule has 5 rings (SSSR count). The van der Waals surface area contributed by atoms with Gasteiger partial charge >= 0.3 is 0 Å². The molecule has 0 atom stereocenters. The van der Waals surface area contributed by atoms with E-state index in [0.29, 0.717) is 43.5 Å². The van der Waals surface area contributed by atoms with Gasteiger partial charge in [-0.3, -0.25) is 19.7 Å². The molecule has 1 aliphatic heterocycles. The second-order valence-corrected chi connectivity index (χ2v) is 11.3. The van der Waals surface area contributed by atoms with Crippen molar-refractivity contribution in [2.75, 3.05) is 41.7 Å². The van der Waals surface area contributed by atoms with Crippen molar-refractivity contribution in [3.63, 3.8) is 0 Å². The summed E-state index contributed by atoms with van der Waals surface area (Å²) in [5.74, 6) is 1.89. The Labute approximate surface area is 270 Å². The van der Waals surface area contributed by atoms with Gasteiger partial charge in [0.25, 0.3) is 11.1 Å². The predicted octanol–water partition coefficient (Wildman–Crippen LogP) is 6.43. The first-order valence-corrected chi connectivity index (χ1v) is 15.0. The molecule has 0 saturated carbocycles. The highest BCUT2D eigenvalue weighted by molar-refractivity contribution is 9.10. The van der Waals surface area contributed by atoms with Crippen LogP contribution in [0.25, 0.3) is 27.9 Å². The molecule has 0 aliphatic carbocycles. The summed E-state index contributed by atoms with van der Waals surface area (Å²) in [5.41, 5.74) is 1.73. The number of thioether (sulfide) groups is 1. The minimum atomic E-state index is -0.443. The number of allylic oxidation sites excluding steroid dienone is 1. The van der Waals surface area contributed by atoms with Crippen LogP contribution in [0.15, 0.2) is 67.1 Å². The van der Waals surface area contributed by atoms with Gasteiger partial charge in [-0.05, 0) is 76.1 Å². The number of carbonyl (C=O) groups is 2. The third-order valence-corrected chi connectivity index (χ3v) is 8.50. The maximum absolute atomic E-state index is 13.9. The van der Waals surface area contributed by atoms with E-state index in [-0.39, 0.29) is 41.4 Å². The smallest absolute Gasteiger partial charge is 0.290 e. The Balaban J connectivity index is 1.43. The van der Waals surface area contributed by atoms with E-state index in [2.05, 4.69) is 21.2 Å². The molecule has 11 nitrogen and oxygen atoms in total. The molecule has 234 valence electrons. The summed E-state index contributed by atoms with van der Waals surface area (Å²) in [4.78, 5) is 37.9. The van der Waals surface area contributed by atoms with Crippen LogP contribution in [0.4, 0.5) is 4.79 Å². The maximum Gasteiger partial charge on any atom is 0.290 e. The van der Waals surface area contributed by atoms with Gasteiger partial charge in [0.15, 0.2) is 17.3 Å². The number of fused-ring (bicyclic) bond motifs is 1. The number of imide groups is 1. The topological polar surface area (TPSA) is 132 Å². The Kier molecular flexibility index (Phi) is 9.59. The molecule has 1 fully saturated rings. The van der Waals surface area contributed by atoms with Crippen molar-refractivity contribution in [1.29, 1.82) is 0 Å². The SMILES string of the molecule is COc1cc(OC)c2c(=O)c(OCCOc3ccc(/C(C)=C4\SC(=O)NC4=O)cc3Br)c(-c3ccc(OC)c(OC)c3)oc2c1. The number of ether oxygens (including phenoxy) is 6. The second-order valence-electron chi connectivity index (χ2n) is 9.50. The van der Waals surface area contributed by atoms with Crippen molar-refractivity contribution in [3.8, 4) is 45.8 Å². The minimum Gasteiger partial charge on any atom is -0.496 e. The molecule has 0 radical (unpaired) electrons. The fourth-order valence-corrected chi connectivity index (χ4v) is 5.90. The van der Waals surface area contributed by atoms with Gasteiger partial charge < -0.3 is 32.8 Å². The summed E-state index contributed by atoms with van der Waals surface area (Å²) in [5, 5.41) is 2.06. The molecule has 0 spiro atoms. The molecule has 0 unspecified atom stereocenters. The fraction of sp³-hybridized carbons (Fsp3) is 0.219. The Morgan fingerprint density at radius 2 is 1.53 bits per heavy atom. The zero-order chi connectivity index (χ0) is 32.2. The molecule has 4 aromatic rings. The van der Waals surface area contributed by atoms with Crippen LogP contribution in [0.1, 0.15) is 12.5 Å². The predicted molar refractivity (Wildman–Crippen MR) is 173 cm³/mol. The largest absolute Gasteiger partial charge is 0.496 e. The number of hydrogen-bond donors (Lipinski definition) is 1. The lowest BCUT2D eigenvalue weighted by Crippen LogP contribution is -2.18. The number of halogens is 1. The van der Waals surface area contributed by atoms with E-state index in [1.165, 1.54) is 28.4 Å². The van der Waals surface area contributed by atoms with Crippen LogP contribution in [0.3, 0.4) is 0 Å². The van der Waals surface area contributed by atoms with Crippen molar-refractivity contribution in [1.82, 2.24) is 5.32 Å². The van der Waals surface area contributed by atoms with E-state index in [1.807, 2.05) is 0 Å². The van der Waals surface area contributed by atoms with Crippen LogP contribution >= 0.6 is 27.7 Å². The molecule has 1 N–H and O–H groups in total. The van der Waals surface area contributed by atoms with Gasteiger partial charge in [0, 0.05) is 17.7 Å². The van der Waals surface area contributed by atoms with E-state index in [0.717, 1.165) is 17.3 Å². The minimum absolute atomic E-state index is 0.00871. The van der Waals surface area contributed by atoms with Crippen molar-refractivity contribution < 1.29 is 42.4 Å². The molecule has 3 aromatic carbocycles. The average molecular weight is 699 g/mol. The van der Waals surface area contributed by atoms with Gasteiger partial charge in [0.05, 0.1) is 37.8 Å². The summed E-state index contributed by atoms with van der Waals surface area (Å²) in [7, 11) is 5.99. The molecule has 2 amide bonds. The molecular formula is C32H28BrNO10S. The number of benzene rings is 3. The van der Waals surface area contributed by atoms with Crippen LogP contribution in [-0.2, 0) is 4.79 Å². The monoisotopic (exact) mass is 697 g/mol. The van der Waals surface area contributed by atoms with E-state index in [1.54, 1.807) is 55.5 Å². The van der Waals surface area contributed by atoms with E-state index in [9.17, 15) is 14.4 Å². The average Bonchev–Trinajstić information content (AvgIpc) is 3.39. The molecule has 1 aromatic heterocycles. The van der Waals surface area contributed by atoms with Gasteiger partial charge in [-0.2, -0.15) is 0 Å². The quantitative estimate of drug-likeness (QED) is 0.137. The first-order valence-electron chi connectivity index (χ1n) is 13.4. The Bertz CT molecular complexity index is 1900. The molecule has 2 heterocycles. The normalized spacial score (nSPS) is 13.8. The molecular weight excluding hydrogens is 670 g/mol. The van der Waals surface area contributed by atoms with E-state index < -0.39 is 16.6 Å². The lowest BCUT2D eigenvalue weighted by Gasteiger charge is -2.16. The highest BCUT2D eigenvalue weighted by atomic mass is 79.9. The van der Waals surface area contributed by atoms with Crippen molar-refractivity contribution >= 4 is 55.4 Å². The third-order valence-electron chi connectivity index (χ3n) is 6.90. The highest BCUT2D eigenvalue weighted by Gasteiger charge is 2.28. The van der Waals surface area contributed by atoms with Gasteiger partial charge in [0.1, 0.15) is 41.4 Å². The molecule has 0 bridgehead atoms. The van der Waals surface area contributed by atoms with Gasteiger partial charge in [-0.1, -0.05) is 6.07 Å². The standard InChI is InChI=1S/C32H28BrNO10S/c1-16(30-31(36)34-32(37)45-30)17-6-8-21(20(33)12-17)42-10-11-43-29-27(35)26-24(41-5)14-19(38-2)15-25(26)44-28(29)18-7-9-22(39-3)23(13-18)40-4/h6-9,12-15H,10-11H2,1-5H3,(H,34,36,37)/b30-16-. The lowest BCUT2D eigenvalue weighted by molar-refractivity contribution is -0.115. The van der Waals surface area contributed by atoms with E-state index in [4.69, 9.17) is 32.8 Å². The van der Waals surface area contributed by atoms with Crippen LogP contribution in [-0.4, -0.2) is 52.8 Å². The van der Waals surface area contributed by atoms with Gasteiger partial charge in [-0.25, -0.2) is 0 Å². The zero-order valence-electron chi connectivity index (χ0n) is 24.9. The molecule has 1 saturated heterocycles. The third kappa shape index (κ3) is 6.45. The van der Waals surface area contributed by atoms with Crippen LogP contribution in [0, 0.1) is 0 Å².